The molecule has 1 heterocycles. The minimum Gasteiger partial charge on any atom is -0.491 e. The molecule has 0 radical (unpaired) electrons. The van der Waals surface area contributed by atoms with Gasteiger partial charge in [0, 0.05) is 24.6 Å². The zero-order valence-electron chi connectivity index (χ0n) is 17.8. The van der Waals surface area contributed by atoms with Gasteiger partial charge in [0.15, 0.2) is 5.78 Å². The van der Waals surface area contributed by atoms with Crippen LogP contribution in [0.5, 0.6) is 5.75 Å². The van der Waals surface area contributed by atoms with Gasteiger partial charge in [0.25, 0.3) is 0 Å². The summed E-state index contributed by atoms with van der Waals surface area (Å²) in [5, 5.41) is 11.4. The van der Waals surface area contributed by atoms with Crippen molar-refractivity contribution in [3.8, 4) is 5.75 Å². The van der Waals surface area contributed by atoms with Gasteiger partial charge in [-0.2, -0.15) is 0 Å². The summed E-state index contributed by atoms with van der Waals surface area (Å²) < 4.78 is 5.54. The van der Waals surface area contributed by atoms with Crippen LogP contribution < -0.4 is 4.74 Å². The maximum Gasteiger partial charge on any atom is 0.167 e. The molecular formula is C27H29NO3. The number of hydrogen-bond donors (Lipinski definition) is 1. The highest BCUT2D eigenvalue weighted by Crippen LogP contribution is 2.34. The lowest BCUT2D eigenvalue weighted by Crippen LogP contribution is -2.38. The van der Waals surface area contributed by atoms with Crippen molar-refractivity contribution >= 4 is 16.6 Å². The van der Waals surface area contributed by atoms with E-state index >= 15 is 0 Å². The van der Waals surface area contributed by atoms with Crippen molar-refractivity contribution in [2.75, 3.05) is 26.3 Å². The molecule has 3 aromatic rings. The molecule has 0 bridgehead atoms. The van der Waals surface area contributed by atoms with Crippen LogP contribution in [0, 0.1) is 5.92 Å². The molecule has 5 rings (SSSR count). The molecule has 160 valence electrons. The van der Waals surface area contributed by atoms with Crippen LogP contribution in [0.15, 0.2) is 54.6 Å². The van der Waals surface area contributed by atoms with E-state index < -0.39 is 0 Å². The highest BCUT2D eigenvalue weighted by Gasteiger charge is 2.28. The molecule has 0 amide bonds. The molecule has 1 N–H and O–H groups in total. The summed E-state index contributed by atoms with van der Waals surface area (Å²) in [6.07, 6.45) is 4.17. The third-order valence-corrected chi connectivity index (χ3v) is 6.68. The molecule has 0 unspecified atom stereocenters. The van der Waals surface area contributed by atoms with Crippen LogP contribution in [0.3, 0.4) is 0 Å². The number of aryl methyl sites for hydroxylation is 2. The lowest BCUT2D eigenvalue weighted by molar-refractivity contribution is 0.0813. The Bertz CT molecular complexity index is 1100. The quantitative estimate of drug-likeness (QED) is 0.581. The number of carbonyl (C=O) groups excluding carboxylic acids is 1. The highest BCUT2D eigenvalue weighted by molar-refractivity contribution is 6.11. The maximum absolute atomic E-state index is 13.6. The third-order valence-electron chi connectivity index (χ3n) is 6.68. The Morgan fingerprint density at radius 2 is 1.90 bits per heavy atom. The second-order valence-corrected chi connectivity index (χ2v) is 8.77. The highest BCUT2D eigenvalue weighted by atomic mass is 16.5. The van der Waals surface area contributed by atoms with Crippen molar-refractivity contribution in [1.29, 1.82) is 0 Å². The number of carbonyl (C=O) groups is 1. The molecule has 1 atom stereocenters. The lowest BCUT2D eigenvalue weighted by atomic mass is 9.87. The number of ether oxygens (including phenoxy) is 1. The van der Waals surface area contributed by atoms with Crippen LogP contribution in [-0.2, 0) is 19.4 Å². The van der Waals surface area contributed by atoms with Gasteiger partial charge in [-0.25, -0.2) is 0 Å². The number of nitrogens with zero attached hydrogens (tertiary/aromatic N) is 1. The number of rotatable bonds is 7. The predicted molar refractivity (Wildman–Crippen MR) is 123 cm³/mol. The van der Waals surface area contributed by atoms with E-state index in [0.717, 1.165) is 62.0 Å². The molecule has 0 aromatic heterocycles. The largest absolute Gasteiger partial charge is 0.491 e. The normalized spacial score (nSPS) is 18.4. The van der Waals surface area contributed by atoms with Crippen LogP contribution in [0.2, 0.25) is 0 Å². The lowest BCUT2D eigenvalue weighted by Gasteiger charge is -2.32. The fourth-order valence-electron chi connectivity index (χ4n) is 5.25. The average molecular weight is 416 g/mol. The number of benzene rings is 3. The topological polar surface area (TPSA) is 49.8 Å². The van der Waals surface area contributed by atoms with Gasteiger partial charge in [-0.1, -0.05) is 42.5 Å². The van der Waals surface area contributed by atoms with E-state index in [9.17, 15) is 4.79 Å². The number of hydrogen-bond acceptors (Lipinski definition) is 4. The van der Waals surface area contributed by atoms with Gasteiger partial charge in [0.05, 0.1) is 6.61 Å². The second-order valence-electron chi connectivity index (χ2n) is 8.77. The summed E-state index contributed by atoms with van der Waals surface area (Å²) in [6, 6.07) is 18.7. The first-order chi connectivity index (χ1) is 15.2. The first-order valence-electron chi connectivity index (χ1n) is 11.4. The fraction of sp³-hybridized carbons (Fsp3) is 0.370. The van der Waals surface area contributed by atoms with Crippen LogP contribution in [-0.4, -0.2) is 42.1 Å². The van der Waals surface area contributed by atoms with Crippen molar-refractivity contribution < 1.29 is 14.6 Å². The summed E-state index contributed by atoms with van der Waals surface area (Å²) in [4.78, 5) is 15.9. The van der Waals surface area contributed by atoms with E-state index in [1.165, 1.54) is 22.1 Å². The summed E-state index contributed by atoms with van der Waals surface area (Å²) in [5.41, 5.74) is 4.84. The first kappa shape index (κ1) is 20.2. The minimum absolute atomic E-state index is 0.0112. The Labute approximate surface area is 183 Å². The van der Waals surface area contributed by atoms with Crippen LogP contribution >= 0.6 is 0 Å². The Kier molecular flexibility index (Phi) is 5.75. The van der Waals surface area contributed by atoms with E-state index in [-0.39, 0.29) is 12.5 Å². The standard InChI is InChI=1S/C27H29NO3/c29-14-15-31-23-7-1-4-19(16-23)17-28-13-3-6-22(18-28)27(30)25-12-11-21-10-9-20-5-2-8-24(25)26(20)21/h1-2,4-5,7-8,11-12,16,22,29H,3,6,9-10,13-15,17-18H2/t22-/m1/s1. The Balaban J connectivity index is 1.32. The molecule has 0 saturated carbocycles. The zero-order chi connectivity index (χ0) is 21.2. The fourth-order valence-corrected chi connectivity index (χ4v) is 5.25. The molecule has 1 fully saturated rings. The van der Waals surface area contributed by atoms with Gasteiger partial charge in [-0.3, -0.25) is 9.69 Å². The van der Waals surface area contributed by atoms with Gasteiger partial charge in [0.2, 0.25) is 0 Å². The number of piperidine rings is 1. The van der Waals surface area contributed by atoms with E-state index in [0.29, 0.717) is 12.4 Å². The SMILES string of the molecule is O=C(c1ccc2c3c(cccc13)CC2)[C@@H]1CCCN(Cc2cccc(OCCO)c2)C1. The molecule has 1 saturated heterocycles. The van der Waals surface area contributed by atoms with Crippen molar-refractivity contribution in [3.63, 3.8) is 0 Å². The smallest absolute Gasteiger partial charge is 0.167 e. The van der Waals surface area contributed by atoms with Gasteiger partial charge < -0.3 is 9.84 Å². The molecule has 3 aromatic carbocycles. The summed E-state index contributed by atoms with van der Waals surface area (Å²) in [7, 11) is 0. The number of aliphatic hydroxyl groups excluding tert-OH is 1. The van der Waals surface area contributed by atoms with E-state index in [2.05, 4.69) is 41.3 Å². The van der Waals surface area contributed by atoms with Crippen LogP contribution in [0.25, 0.3) is 10.8 Å². The van der Waals surface area contributed by atoms with Crippen molar-refractivity contribution in [3.05, 3.63) is 76.9 Å². The van der Waals surface area contributed by atoms with Crippen molar-refractivity contribution in [2.45, 2.75) is 32.2 Å². The molecule has 4 nitrogen and oxygen atoms in total. The number of Topliss-reactive ketones (excluding diaryl/α,β-unsaturated/α-hetero) is 1. The monoisotopic (exact) mass is 415 g/mol. The second kappa shape index (κ2) is 8.81. The first-order valence-corrected chi connectivity index (χ1v) is 11.4. The van der Waals surface area contributed by atoms with Gasteiger partial charge in [-0.05, 0) is 71.8 Å². The molecule has 31 heavy (non-hydrogen) atoms. The Morgan fingerprint density at radius 3 is 2.77 bits per heavy atom. The summed E-state index contributed by atoms with van der Waals surface area (Å²) in [6.45, 7) is 2.93. The van der Waals surface area contributed by atoms with E-state index in [1.54, 1.807) is 0 Å². The zero-order valence-corrected chi connectivity index (χ0v) is 17.8. The van der Waals surface area contributed by atoms with Gasteiger partial charge >= 0.3 is 0 Å². The average Bonchev–Trinajstić information content (AvgIpc) is 3.23. The molecule has 1 aliphatic carbocycles. The summed E-state index contributed by atoms with van der Waals surface area (Å²) >= 11 is 0. The number of ketones is 1. The number of aliphatic hydroxyl groups is 1. The molecule has 2 aliphatic rings. The molecule has 0 spiro atoms. The van der Waals surface area contributed by atoms with E-state index in [4.69, 9.17) is 9.84 Å². The molecule has 1 aliphatic heterocycles. The number of likely N-dealkylation sites (tertiary alicyclic amines) is 1. The molecule has 4 heteroatoms. The van der Waals surface area contributed by atoms with Crippen LogP contribution in [0.4, 0.5) is 0 Å². The predicted octanol–water partition coefficient (Wildman–Crippen LogP) is 4.40. The van der Waals surface area contributed by atoms with Crippen LogP contribution in [0.1, 0.15) is 39.9 Å². The van der Waals surface area contributed by atoms with Gasteiger partial charge in [-0.15, -0.1) is 0 Å². The van der Waals surface area contributed by atoms with Crippen molar-refractivity contribution in [2.24, 2.45) is 5.92 Å². The van der Waals surface area contributed by atoms with Gasteiger partial charge in [0.1, 0.15) is 12.4 Å². The Morgan fingerprint density at radius 1 is 1.06 bits per heavy atom. The minimum atomic E-state index is 0.0112. The van der Waals surface area contributed by atoms with E-state index in [1.807, 2.05) is 18.2 Å². The molecular weight excluding hydrogens is 386 g/mol. The third kappa shape index (κ3) is 4.10. The summed E-state index contributed by atoms with van der Waals surface area (Å²) in [5.74, 6) is 1.12. The Hall–Kier alpha value is -2.69. The maximum atomic E-state index is 13.6. The van der Waals surface area contributed by atoms with Crippen molar-refractivity contribution in [1.82, 2.24) is 4.90 Å².